The Morgan fingerprint density at radius 2 is 1.96 bits per heavy atom. The number of fused-ring (bicyclic) bond motifs is 1. The minimum absolute atomic E-state index is 0.644. The standard InChI is InChI=1S/C20H15BrN6/c21-15-5-1-3-13(11-15)17-7-6-16(19-23-9-10-24-19)20-25-18(26-27(17)20)14-4-2-8-22-12-14/h1-8,11-12H,9-10H2,(H,23,24). The molecule has 27 heavy (non-hydrogen) atoms. The van der Waals surface area contributed by atoms with Crippen molar-refractivity contribution in [2.75, 3.05) is 13.1 Å². The van der Waals surface area contributed by atoms with Gasteiger partial charge in [0, 0.05) is 34.5 Å². The van der Waals surface area contributed by atoms with Crippen LogP contribution in [0.5, 0.6) is 0 Å². The molecule has 0 unspecified atom stereocenters. The molecular weight excluding hydrogens is 404 g/mol. The monoisotopic (exact) mass is 418 g/mol. The van der Waals surface area contributed by atoms with Crippen LogP contribution in [0.15, 0.2) is 70.4 Å². The number of hydrogen-bond acceptors (Lipinski definition) is 5. The minimum Gasteiger partial charge on any atom is -0.368 e. The first-order valence-electron chi connectivity index (χ1n) is 8.64. The zero-order chi connectivity index (χ0) is 18.2. The summed E-state index contributed by atoms with van der Waals surface area (Å²) >= 11 is 3.55. The van der Waals surface area contributed by atoms with Crippen molar-refractivity contribution in [2.45, 2.75) is 0 Å². The normalized spacial score (nSPS) is 13.6. The second-order valence-electron chi connectivity index (χ2n) is 6.21. The molecule has 0 fully saturated rings. The van der Waals surface area contributed by atoms with Crippen LogP contribution in [0.25, 0.3) is 28.3 Å². The minimum atomic E-state index is 0.644. The van der Waals surface area contributed by atoms with Crippen LogP contribution in [-0.2, 0) is 0 Å². The van der Waals surface area contributed by atoms with E-state index in [4.69, 9.17) is 10.1 Å². The smallest absolute Gasteiger partial charge is 0.183 e. The molecule has 0 bridgehead atoms. The molecule has 5 rings (SSSR count). The number of nitrogens with one attached hydrogen (secondary N) is 1. The third-order valence-electron chi connectivity index (χ3n) is 4.45. The predicted octanol–water partition coefficient (Wildman–Crippen LogP) is 3.57. The molecule has 3 aromatic heterocycles. The molecule has 0 amide bonds. The summed E-state index contributed by atoms with van der Waals surface area (Å²) in [5.74, 6) is 1.51. The lowest BCUT2D eigenvalue weighted by molar-refractivity contribution is 0.956. The maximum atomic E-state index is 4.82. The summed E-state index contributed by atoms with van der Waals surface area (Å²) in [6, 6.07) is 16.1. The van der Waals surface area contributed by atoms with Crippen molar-refractivity contribution in [3.05, 3.63) is 71.0 Å². The van der Waals surface area contributed by atoms with Gasteiger partial charge in [-0.3, -0.25) is 9.98 Å². The third kappa shape index (κ3) is 2.90. The highest BCUT2D eigenvalue weighted by atomic mass is 79.9. The lowest BCUT2D eigenvalue weighted by atomic mass is 10.1. The van der Waals surface area contributed by atoms with Crippen molar-refractivity contribution in [1.29, 1.82) is 0 Å². The number of hydrogen-bond donors (Lipinski definition) is 1. The number of aromatic nitrogens is 4. The van der Waals surface area contributed by atoms with Gasteiger partial charge in [0.1, 0.15) is 5.84 Å². The van der Waals surface area contributed by atoms with E-state index in [9.17, 15) is 0 Å². The summed E-state index contributed by atoms with van der Waals surface area (Å²) in [6.07, 6.45) is 3.52. The maximum Gasteiger partial charge on any atom is 0.183 e. The molecular formula is C20H15BrN6. The van der Waals surface area contributed by atoms with E-state index in [0.717, 1.165) is 51.4 Å². The molecule has 7 heteroatoms. The number of halogens is 1. The average molecular weight is 419 g/mol. The van der Waals surface area contributed by atoms with Crippen LogP contribution in [0.2, 0.25) is 0 Å². The van der Waals surface area contributed by atoms with Crippen molar-refractivity contribution < 1.29 is 0 Å². The van der Waals surface area contributed by atoms with Crippen LogP contribution in [0, 0.1) is 0 Å². The Morgan fingerprint density at radius 3 is 2.74 bits per heavy atom. The topological polar surface area (TPSA) is 67.5 Å². The second kappa shape index (κ2) is 6.59. The number of aliphatic imine (C=N–C) groups is 1. The molecule has 0 atom stereocenters. The Kier molecular flexibility index (Phi) is 3.94. The van der Waals surface area contributed by atoms with E-state index < -0.39 is 0 Å². The quantitative estimate of drug-likeness (QED) is 0.552. The van der Waals surface area contributed by atoms with Gasteiger partial charge in [0.2, 0.25) is 0 Å². The summed E-state index contributed by atoms with van der Waals surface area (Å²) in [7, 11) is 0. The largest absolute Gasteiger partial charge is 0.368 e. The highest BCUT2D eigenvalue weighted by Gasteiger charge is 2.19. The lowest BCUT2D eigenvalue weighted by Crippen LogP contribution is -2.20. The molecule has 4 aromatic rings. The van der Waals surface area contributed by atoms with E-state index in [2.05, 4.69) is 55.5 Å². The fraction of sp³-hybridized carbons (Fsp3) is 0.100. The SMILES string of the molecule is Brc1cccc(-c2ccc(C3=NCCN3)c3nc(-c4cccnc4)nn23)c1. The second-order valence-corrected chi connectivity index (χ2v) is 7.13. The Bertz CT molecular complexity index is 1170. The van der Waals surface area contributed by atoms with Crippen LogP contribution in [-0.4, -0.2) is 38.5 Å². The Balaban J connectivity index is 1.77. The van der Waals surface area contributed by atoms with Gasteiger partial charge in [-0.15, -0.1) is 5.10 Å². The van der Waals surface area contributed by atoms with Crippen molar-refractivity contribution in [2.24, 2.45) is 4.99 Å². The van der Waals surface area contributed by atoms with Gasteiger partial charge in [-0.2, -0.15) is 0 Å². The Hall–Kier alpha value is -3.06. The van der Waals surface area contributed by atoms with Crippen LogP contribution in [0.4, 0.5) is 0 Å². The molecule has 1 aliphatic heterocycles. The molecule has 1 N–H and O–H groups in total. The number of benzene rings is 1. The van der Waals surface area contributed by atoms with Gasteiger partial charge < -0.3 is 5.32 Å². The molecule has 0 aliphatic carbocycles. The number of nitrogens with zero attached hydrogens (tertiary/aromatic N) is 5. The number of pyridine rings is 2. The molecule has 4 heterocycles. The highest BCUT2D eigenvalue weighted by Crippen LogP contribution is 2.27. The van der Waals surface area contributed by atoms with E-state index in [1.54, 1.807) is 12.4 Å². The zero-order valence-electron chi connectivity index (χ0n) is 14.3. The van der Waals surface area contributed by atoms with Crippen LogP contribution >= 0.6 is 15.9 Å². The fourth-order valence-electron chi connectivity index (χ4n) is 3.21. The predicted molar refractivity (Wildman–Crippen MR) is 109 cm³/mol. The van der Waals surface area contributed by atoms with Crippen molar-refractivity contribution in [1.82, 2.24) is 24.9 Å². The van der Waals surface area contributed by atoms with E-state index in [1.165, 1.54) is 0 Å². The summed E-state index contributed by atoms with van der Waals surface area (Å²) in [5, 5.41) is 8.12. The summed E-state index contributed by atoms with van der Waals surface area (Å²) in [4.78, 5) is 13.6. The molecule has 1 aliphatic rings. The van der Waals surface area contributed by atoms with Crippen molar-refractivity contribution in [3.8, 4) is 22.6 Å². The first-order chi connectivity index (χ1) is 13.3. The van der Waals surface area contributed by atoms with Gasteiger partial charge in [0.25, 0.3) is 0 Å². The molecule has 0 saturated carbocycles. The summed E-state index contributed by atoms with van der Waals surface area (Å²) < 4.78 is 2.91. The maximum absolute atomic E-state index is 4.82. The highest BCUT2D eigenvalue weighted by molar-refractivity contribution is 9.10. The van der Waals surface area contributed by atoms with E-state index in [0.29, 0.717) is 5.82 Å². The van der Waals surface area contributed by atoms with Crippen LogP contribution in [0.3, 0.4) is 0 Å². The van der Waals surface area contributed by atoms with Crippen molar-refractivity contribution >= 4 is 27.4 Å². The van der Waals surface area contributed by atoms with Crippen molar-refractivity contribution in [3.63, 3.8) is 0 Å². The van der Waals surface area contributed by atoms with Gasteiger partial charge >= 0.3 is 0 Å². The number of rotatable bonds is 3. The zero-order valence-corrected chi connectivity index (χ0v) is 15.9. The van der Waals surface area contributed by atoms with Gasteiger partial charge in [0.15, 0.2) is 11.5 Å². The van der Waals surface area contributed by atoms with Gasteiger partial charge in [-0.05, 0) is 36.4 Å². The first-order valence-corrected chi connectivity index (χ1v) is 9.44. The van der Waals surface area contributed by atoms with E-state index in [1.807, 2.05) is 28.8 Å². The summed E-state index contributed by atoms with van der Waals surface area (Å²) in [5.41, 5.74) is 4.64. The molecule has 0 radical (unpaired) electrons. The van der Waals surface area contributed by atoms with Gasteiger partial charge in [-0.25, -0.2) is 9.50 Å². The molecule has 132 valence electrons. The first kappa shape index (κ1) is 16.1. The number of amidine groups is 1. The fourth-order valence-corrected chi connectivity index (χ4v) is 3.61. The van der Waals surface area contributed by atoms with Crippen LogP contribution in [0.1, 0.15) is 5.56 Å². The van der Waals surface area contributed by atoms with Gasteiger partial charge in [0.05, 0.1) is 17.8 Å². The Labute approximate surface area is 164 Å². The third-order valence-corrected chi connectivity index (χ3v) is 4.95. The van der Waals surface area contributed by atoms with E-state index >= 15 is 0 Å². The van der Waals surface area contributed by atoms with E-state index in [-0.39, 0.29) is 0 Å². The molecule has 1 aromatic carbocycles. The van der Waals surface area contributed by atoms with Gasteiger partial charge in [-0.1, -0.05) is 28.1 Å². The molecule has 6 nitrogen and oxygen atoms in total. The molecule has 0 spiro atoms. The molecule has 0 saturated heterocycles. The van der Waals surface area contributed by atoms with Crippen LogP contribution < -0.4 is 5.32 Å². The lowest BCUT2D eigenvalue weighted by Gasteiger charge is -2.09. The summed E-state index contributed by atoms with van der Waals surface area (Å²) in [6.45, 7) is 1.62. The average Bonchev–Trinajstić information content (AvgIpc) is 3.38. The Morgan fingerprint density at radius 1 is 1.04 bits per heavy atom.